The predicted octanol–water partition coefficient (Wildman–Crippen LogP) is 5.53. The summed E-state index contributed by atoms with van der Waals surface area (Å²) in [6, 6.07) is 0. The van der Waals surface area contributed by atoms with Crippen LogP contribution in [0.25, 0.3) is 0 Å². The number of nitrogens with zero attached hydrogens (tertiary/aromatic N) is 1. The zero-order valence-corrected chi connectivity index (χ0v) is 22.4. The third-order valence-electron chi connectivity index (χ3n) is 9.76. The van der Waals surface area contributed by atoms with E-state index in [1.54, 1.807) is 0 Å². The number of esters is 1. The van der Waals surface area contributed by atoms with Gasteiger partial charge in [0.2, 0.25) is 0 Å². The first-order valence-electron chi connectivity index (χ1n) is 11.8. The molecule has 1 aromatic heterocycles. The van der Waals surface area contributed by atoms with E-state index >= 15 is 0 Å². The molecule has 1 radical (unpaired) electrons. The van der Waals surface area contributed by atoms with E-state index in [1.807, 2.05) is 13.8 Å². The SMILES string of the molecule is CC.[CH2-]C(=O)O[C@@]1(C)CCC2C3CCC4Cc5[nH]ncc5C[C@]4(C)C3CC[C@@]21C.[Y]. The standard InChI is InChI=1S/C23H33N2O2.C2H6.Y/c1-14(26)27-23(4)10-8-19-17-6-5-16-11-20-15(13-24-25-20)12-21(16,2)18(17)7-9-22(19,23)3;1-2;/h13,16-19H,1,5-12H2,2-4H3,(H,24,25);1-2H3;/q-1;;/t16?,17?,18?,19?,21-,22-,23-;;/m0../s1. The fourth-order valence-corrected chi connectivity index (χ4v) is 8.11. The van der Waals surface area contributed by atoms with Crippen molar-refractivity contribution in [2.24, 2.45) is 34.5 Å². The molecule has 4 aliphatic carbocycles. The van der Waals surface area contributed by atoms with Gasteiger partial charge in [0.1, 0.15) is 5.60 Å². The molecule has 0 aromatic carbocycles. The van der Waals surface area contributed by atoms with Crippen LogP contribution in [0.5, 0.6) is 0 Å². The molecule has 1 aromatic rings. The molecule has 5 rings (SSSR count). The van der Waals surface area contributed by atoms with Crippen LogP contribution in [0.1, 0.15) is 84.4 Å². The number of hydrogen-bond acceptors (Lipinski definition) is 3. The van der Waals surface area contributed by atoms with Crippen molar-refractivity contribution in [1.29, 1.82) is 0 Å². The minimum absolute atomic E-state index is 0. The normalized spacial score (nSPS) is 43.5. The fraction of sp³-hybridized carbons (Fsp3) is 0.800. The third-order valence-corrected chi connectivity index (χ3v) is 9.76. The molecule has 3 saturated carbocycles. The van der Waals surface area contributed by atoms with Crippen LogP contribution in [0.2, 0.25) is 0 Å². The maximum atomic E-state index is 11.7. The second-order valence-electron chi connectivity index (χ2n) is 10.6. The van der Waals surface area contributed by atoms with E-state index in [0.29, 0.717) is 11.3 Å². The largest absolute Gasteiger partial charge is 0.482 e. The van der Waals surface area contributed by atoms with Gasteiger partial charge in [0.05, 0.1) is 6.20 Å². The van der Waals surface area contributed by atoms with Gasteiger partial charge in [-0.25, -0.2) is 0 Å². The van der Waals surface area contributed by atoms with Gasteiger partial charge in [0.25, 0.3) is 0 Å². The summed E-state index contributed by atoms with van der Waals surface area (Å²) >= 11 is 0. The number of carbonyl (C=O) groups excluding carboxylic acids is 1. The van der Waals surface area contributed by atoms with Crippen LogP contribution in [0.15, 0.2) is 6.20 Å². The van der Waals surface area contributed by atoms with Gasteiger partial charge < -0.3 is 4.74 Å². The van der Waals surface area contributed by atoms with Gasteiger partial charge in [-0.3, -0.25) is 16.8 Å². The van der Waals surface area contributed by atoms with E-state index in [9.17, 15) is 4.79 Å². The Morgan fingerprint density at radius 2 is 1.83 bits per heavy atom. The average molecular weight is 489 g/mol. The molecule has 0 amide bonds. The minimum atomic E-state index is -0.364. The summed E-state index contributed by atoms with van der Waals surface area (Å²) in [6.07, 6.45) is 11.7. The molecule has 4 unspecified atom stereocenters. The predicted molar refractivity (Wildman–Crippen MR) is 115 cm³/mol. The van der Waals surface area contributed by atoms with Gasteiger partial charge in [-0.15, -0.1) is 0 Å². The Morgan fingerprint density at radius 1 is 1.13 bits per heavy atom. The summed E-state index contributed by atoms with van der Waals surface area (Å²) in [6.45, 7) is 14.6. The molecule has 0 spiro atoms. The molecule has 4 aliphatic rings. The Morgan fingerprint density at radius 3 is 2.53 bits per heavy atom. The second-order valence-corrected chi connectivity index (χ2v) is 10.6. The van der Waals surface area contributed by atoms with Crippen molar-refractivity contribution < 1.29 is 42.2 Å². The molecule has 0 saturated heterocycles. The maximum Gasteiger partial charge on any atom is 0.165 e. The molecular weight excluding hydrogens is 449 g/mol. The molecule has 7 atom stereocenters. The van der Waals surface area contributed by atoms with Crippen molar-refractivity contribution in [2.75, 3.05) is 0 Å². The van der Waals surface area contributed by atoms with Gasteiger partial charge in [-0.1, -0.05) is 27.7 Å². The number of hydrogen-bond donors (Lipinski definition) is 1. The van der Waals surface area contributed by atoms with Crippen LogP contribution in [-0.2, 0) is 55.1 Å². The van der Waals surface area contributed by atoms with Crippen LogP contribution in [0.4, 0.5) is 0 Å². The number of aromatic nitrogens is 2. The first kappa shape index (κ1) is 24.3. The quantitative estimate of drug-likeness (QED) is 0.418. The molecule has 30 heavy (non-hydrogen) atoms. The Kier molecular flexibility index (Phi) is 6.92. The van der Waals surface area contributed by atoms with Crippen LogP contribution in [0, 0.1) is 41.4 Å². The second kappa shape index (κ2) is 8.54. The topological polar surface area (TPSA) is 55.0 Å². The Bertz CT molecular complexity index is 779. The number of aromatic amines is 1. The van der Waals surface area contributed by atoms with E-state index in [2.05, 4.69) is 44.1 Å². The smallest absolute Gasteiger partial charge is 0.165 e. The minimum Gasteiger partial charge on any atom is -0.482 e. The molecule has 1 heterocycles. The Balaban J connectivity index is 0.000000830. The summed E-state index contributed by atoms with van der Waals surface area (Å²) in [5, 5.41) is 7.58. The summed E-state index contributed by atoms with van der Waals surface area (Å²) in [7, 11) is 0. The molecule has 5 heteroatoms. The number of rotatable bonds is 1. The Hall–Kier alpha value is -0.346. The van der Waals surface area contributed by atoms with Crippen LogP contribution < -0.4 is 0 Å². The van der Waals surface area contributed by atoms with E-state index < -0.39 is 0 Å². The molecule has 165 valence electrons. The average Bonchev–Trinajstić information content (AvgIpc) is 3.22. The van der Waals surface area contributed by atoms with Crippen LogP contribution in [-0.4, -0.2) is 21.8 Å². The maximum absolute atomic E-state index is 11.7. The van der Waals surface area contributed by atoms with Crippen molar-refractivity contribution in [3.05, 3.63) is 24.4 Å². The molecule has 0 bridgehead atoms. The summed E-state index contributed by atoms with van der Waals surface area (Å²) in [5.74, 6) is 2.64. The van der Waals surface area contributed by atoms with Gasteiger partial charge in [-0.2, -0.15) is 5.10 Å². The summed E-state index contributed by atoms with van der Waals surface area (Å²) in [4.78, 5) is 11.7. The molecule has 0 aliphatic heterocycles. The number of fused-ring (bicyclic) bond motifs is 6. The van der Waals surface area contributed by atoms with Crippen molar-refractivity contribution in [3.63, 3.8) is 0 Å². The fourth-order valence-electron chi connectivity index (χ4n) is 8.11. The van der Waals surface area contributed by atoms with E-state index in [-0.39, 0.29) is 49.7 Å². The first-order valence-corrected chi connectivity index (χ1v) is 11.8. The number of nitrogens with one attached hydrogen (secondary N) is 1. The zero-order chi connectivity index (χ0) is 21.0. The van der Waals surface area contributed by atoms with Crippen molar-refractivity contribution in [1.82, 2.24) is 10.2 Å². The van der Waals surface area contributed by atoms with Crippen LogP contribution >= 0.6 is 0 Å². The summed E-state index contributed by atoms with van der Waals surface area (Å²) < 4.78 is 5.86. The molecule has 1 N–H and O–H groups in total. The van der Waals surface area contributed by atoms with Gasteiger partial charge >= 0.3 is 0 Å². The molecule has 3 fully saturated rings. The van der Waals surface area contributed by atoms with E-state index in [4.69, 9.17) is 4.74 Å². The van der Waals surface area contributed by atoms with Gasteiger partial charge in [0.15, 0.2) is 5.97 Å². The van der Waals surface area contributed by atoms with Crippen molar-refractivity contribution in [2.45, 2.75) is 91.6 Å². The third kappa shape index (κ3) is 3.43. The first-order chi connectivity index (χ1) is 13.8. The molecular formula is C25H39N2O2Y-. The van der Waals surface area contributed by atoms with Crippen molar-refractivity contribution >= 4 is 5.97 Å². The summed E-state index contributed by atoms with van der Waals surface area (Å²) in [5.41, 5.74) is 2.98. The monoisotopic (exact) mass is 488 g/mol. The van der Waals surface area contributed by atoms with E-state index in [0.717, 1.165) is 24.2 Å². The van der Waals surface area contributed by atoms with Gasteiger partial charge in [-0.05, 0) is 92.9 Å². The number of ether oxygens (including phenoxy) is 1. The number of H-pyrrole nitrogens is 1. The Labute approximate surface area is 207 Å². The zero-order valence-electron chi connectivity index (χ0n) is 19.6. The van der Waals surface area contributed by atoms with Gasteiger partial charge in [0, 0.05) is 43.8 Å². The van der Waals surface area contributed by atoms with Crippen LogP contribution in [0.3, 0.4) is 0 Å². The number of carbonyl (C=O) groups is 1. The van der Waals surface area contributed by atoms with Crippen molar-refractivity contribution in [3.8, 4) is 0 Å². The van der Waals surface area contributed by atoms with E-state index in [1.165, 1.54) is 56.2 Å². The molecule has 4 nitrogen and oxygen atoms in total.